The second-order valence-electron chi connectivity index (χ2n) is 4.21. The lowest BCUT2D eigenvalue weighted by molar-refractivity contribution is 0.543. The summed E-state index contributed by atoms with van der Waals surface area (Å²) in [4.78, 5) is 25.6. The number of hydrogen-bond donors (Lipinski definition) is 0. The van der Waals surface area contributed by atoms with Crippen molar-refractivity contribution in [3.05, 3.63) is 46.3 Å². The maximum atomic E-state index is 11.3. The Morgan fingerprint density at radius 1 is 1.24 bits per heavy atom. The van der Waals surface area contributed by atoms with Crippen molar-refractivity contribution in [2.45, 2.75) is 18.4 Å². The van der Waals surface area contributed by atoms with Crippen molar-refractivity contribution in [1.29, 1.82) is 0 Å². The van der Waals surface area contributed by atoms with Gasteiger partial charge in [-0.15, -0.1) is 0 Å². The number of carbonyl (C=O) groups excluding carboxylic acids is 1. The van der Waals surface area contributed by atoms with Crippen LogP contribution in [0.4, 0.5) is 0 Å². The lowest BCUT2D eigenvalue weighted by Crippen LogP contribution is -2.05. The van der Waals surface area contributed by atoms with E-state index >= 15 is 0 Å². The van der Waals surface area contributed by atoms with E-state index in [0.717, 1.165) is 23.8 Å². The maximum absolute atomic E-state index is 11.3. The predicted molar refractivity (Wildman–Crippen MR) is 61.5 cm³/mol. The molecule has 0 unspecified atom stereocenters. The van der Waals surface area contributed by atoms with Crippen molar-refractivity contribution in [3.8, 4) is 0 Å². The van der Waals surface area contributed by atoms with E-state index in [1.54, 1.807) is 12.1 Å². The first-order valence-corrected chi connectivity index (χ1v) is 5.38. The third kappa shape index (κ3) is 1.50. The Balaban J connectivity index is 2.33. The van der Waals surface area contributed by atoms with Crippen LogP contribution >= 0.6 is 0 Å². The van der Waals surface area contributed by atoms with Crippen LogP contribution in [-0.2, 0) is 10.3 Å². The molecule has 3 rings (SSSR count). The van der Waals surface area contributed by atoms with Gasteiger partial charge >= 0.3 is 5.63 Å². The first-order valence-electron chi connectivity index (χ1n) is 5.38. The molecule has 17 heavy (non-hydrogen) atoms. The molecular formula is C13H9NO3. The number of hydrogen-bond acceptors (Lipinski definition) is 4. The molecule has 1 aromatic carbocycles. The highest BCUT2D eigenvalue weighted by Crippen LogP contribution is 2.50. The number of benzene rings is 1. The van der Waals surface area contributed by atoms with Crippen molar-refractivity contribution >= 4 is 17.0 Å². The number of fused-ring (bicyclic) bond motifs is 1. The van der Waals surface area contributed by atoms with Gasteiger partial charge in [0.05, 0.1) is 0 Å². The Kier molecular flexibility index (Phi) is 2.00. The molecule has 1 aliphatic carbocycles. The molecule has 0 bridgehead atoms. The first kappa shape index (κ1) is 10.00. The summed E-state index contributed by atoms with van der Waals surface area (Å²) in [6.07, 6.45) is 3.19. The third-order valence-electron chi connectivity index (χ3n) is 3.13. The Morgan fingerprint density at radius 2 is 2.06 bits per heavy atom. The summed E-state index contributed by atoms with van der Waals surface area (Å²) in [6.45, 7) is 0. The molecule has 84 valence electrons. The molecule has 0 N–H and O–H groups in total. The van der Waals surface area contributed by atoms with Gasteiger partial charge < -0.3 is 4.42 Å². The van der Waals surface area contributed by atoms with E-state index in [0.29, 0.717) is 5.58 Å². The van der Waals surface area contributed by atoms with Gasteiger partial charge in [0.2, 0.25) is 6.08 Å². The zero-order valence-corrected chi connectivity index (χ0v) is 8.97. The molecule has 0 radical (unpaired) electrons. The smallest absolute Gasteiger partial charge is 0.336 e. The van der Waals surface area contributed by atoms with Gasteiger partial charge in [-0.3, -0.25) is 0 Å². The highest BCUT2D eigenvalue weighted by Gasteiger charge is 2.46. The molecule has 0 aliphatic heterocycles. The summed E-state index contributed by atoms with van der Waals surface area (Å²) in [6, 6.07) is 8.68. The summed E-state index contributed by atoms with van der Waals surface area (Å²) in [5, 5.41) is 0.842. The molecule has 1 aliphatic rings. The summed E-state index contributed by atoms with van der Waals surface area (Å²) in [7, 11) is 0. The van der Waals surface area contributed by atoms with Crippen LogP contribution in [0.5, 0.6) is 0 Å². The minimum absolute atomic E-state index is 0.393. The van der Waals surface area contributed by atoms with Crippen molar-refractivity contribution in [3.63, 3.8) is 0 Å². The summed E-state index contributed by atoms with van der Waals surface area (Å²) < 4.78 is 5.22. The minimum atomic E-state index is -0.515. The Labute approximate surface area is 96.6 Å². The molecule has 1 aromatic heterocycles. The highest BCUT2D eigenvalue weighted by atomic mass is 16.4. The Bertz CT molecular complexity index is 691. The largest absolute Gasteiger partial charge is 0.422 e. The molecule has 1 fully saturated rings. The van der Waals surface area contributed by atoms with E-state index in [9.17, 15) is 9.59 Å². The van der Waals surface area contributed by atoms with Crippen LogP contribution in [0.1, 0.15) is 18.4 Å². The lowest BCUT2D eigenvalue weighted by atomic mass is 10.0. The van der Waals surface area contributed by atoms with Crippen LogP contribution in [0.2, 0.25) is 0 Å². The van der Waals surface area contributed by atoms with E-state index in [-0.39, 0.29) is 0 Å². The Hall–Kier alpha value is -2.19. The van der Waals surface area contributed by atoms with Crippen LogP contribution < -0.4 is 5.63 Å². The molecule has 0 saturated heterocycles. The van der Waals surface area contributed by atoms with Gasteiger partial charge in [-0.2, -0.15) is 4.99 Å². The zero-order valence-electron chi connectivity index (χ0n) is 8.97. The molecule has 1 heterocycles. The number of isocyanates is 1. The van der Waals surface area contributed by atoms with E-state index < -0.39 is 11.2 Å². The first-order chi connectivity index (χ1) is 8.25. The van der Waals surface area contributed by atoms with Gasteiger partial charge in [-0.25, -0.2) is 9.59 Å². The van der Waals surface area contributed by atoms with Crippen molar-refractivity contribution in [1.82, 2.24) is 0 Å². The molecular weight excluding hydrogens is 218 g/mol. The third-order valence-corrected chi connectivity index (χ3v) is 3.13. The van der Waals surface area contributed by atoms with Crippen LogP contribution in [0.15, 0.2) is 44.5 Å². The van der Waals surface area contributed by atoms with Gasteiger partial charge in [0.1, 0.15) is 11.1 Å². The SMILES string of the molecule is O=C=NC1(c2cccc3ccc(=O)oc23)CC1. The highest BCUT2D eigenvalue weighted by molar-refractivity contribution is 5.81. The maximum Gasteiger partial charge on any atom is 0.336 e. The summed E-state index contributed by atoms with van der Waals surface area (Å²) in [5.74, 6) is 0. The molecule has 0 spiro atoms. The quantitative estimate of drug-likeness (QED) is 0.448. The van der Waals surface area contributed by atoms with Crippen LogP contribution in [0, 0.1) is 0 Å². The van der Waals surface area contributed by atoms with E-state index in [1.807, 2.05) is 18.2 Å². The number of para-hydroxylation sites is 1. The van der Waals surface area contributed by atoms with Crippen molar-refractivity contribution in [2.75, 3.05) is 0 Å². The van der Waals surface area contributed by atoms with Crippen molar-refractivity contribution in [2.24, 2.45) is 4.99 Å². The average molecular weight is 227 g/mol. The standard InChI is InChI=1S/C13H9NO3/c15-8-14-13(6-7-13)10-3-1-2-9-4-5-11(16)17-12(9)10/h1-5H,6-7H2. The van der Waals surface area contributed by atoms with E-state index in [2.05, 4.69) is 4.99 Å². The fourth-order valence-corrected chi connectivity index (χ4v) is 2.11. The van der Waals surface area contributed by atoms with Gasteiger partial charge in [-0.1, -0.05) is 18.2 Å². The fraction of sp³-hybridized carbons (Fsp3) is 0.231. The predicted octanol–water partition coefficient (Wildman–Crippen LogP) is 2.12. The normalized spacial score (nSPS) is 16.5. The van der Waals surface area contributed by atoms with E-state index in [4.69, 9.17) is 4.42 Å². The van der Waals surface area contributed by atoms with Crippen molar-refractivity contribution < 1.29 is 9.21 Å². The molecule has 4 nitrogen and oxygen atoms in total. The van der Waals surface area contributed by atoms with E-state index in [1.165, 1.54) is 6.07 Å². The second-order valence-corrected chi connectivity index (χ2v) is 4.21. The molecule has 0 atom stereocenters. The fourth-order valence-electron chi connectivity index (χ4n) is 2.11. The van der Waals surface area contributed by atoms with Gasteiger partial charge in [0.25, 0.3) is 0 Å². The van der Waals surface area contributed by atoms with Crippen LogP contribution in [0.3, 0.4) is 0 Å². The van der Waals surface area contributed by atoms with Gasteiger partial charge in [0, 0.05) is 17.0 Å². The lowest BCUT2D eigenvalue weighted by Gasteiger charge is -2.09. The molecule has 1 saturated carbocycles. The minimum Gasteiger partial charge on any atom is -0.422 e. The summed E-state index contributed by atoms with van der Waals surface area (Å²) in [5.41, 5.74) is 0.418. The van der Waals surface area contributed by atoms with Crippen LogP contribution in [-0.4, -0.2) is 6.08 Å². The molecule has 2 aromatic rings. The number of aliphatic imine (C=N–C) groups is 1. The average Bonchev–Trinajstić information content (AvgIpc) is 3.09. The zero-order chi connectivity index (χ0) is 11.9. The summed E-state index contributed by atoms with van der Waals surface area (Å²) >= 11 is 0. The monoisotopic (exact) mass is 227 g/mol. The topological polar surface area (TPSA) is 59.6 Å². The Morgan fingerprint density at radius 3 is 2.76 bits per heavy atom. The molecule has 0 amide bonds. The van der Waals surface area contributed by atoms with Crippen LogP contribution in [0.25, 0.3) is 11.0 Å². The van der Waals surface area contributed by atoms with Gasteiger partial charge in [-0.05, 0) is 18.9 Å². The number of rotatable bonds is 2. The van der Waals surface area contributed by atoms with Gasteiger partial charge in [0.15, 0.2) is 0 Å². The number of nitrogens with zero attached hydrogens (tertiary/aromatic N) is 1. The second kappa shape index (κ2) is 3.40. The molecule has 4 heteroatoms.